The van der Waals surface area contributed by atoms with Crippen molar-refractivity contribution >= 4 is 0 Å². The molecule has 7 heteroatoms. The molecule has 30 heavy (non-hydrogen) atoms. The summed E-state index contributed by atoms with van der Waals surface area (Å²) in [4.78, 5) is 9.49. The van der Waals surface area contributed by atoms with Crippen LogP contribution >= 0.6 is 0 Å². The predicted octanol–water partition coefficient (Wildman–Crippen LogP) is 3.39. The van der Waals surface area contributed by atoms with Crippen molar-refractivity contribution in [3.8, 4) is 22.9 Å². The molecule has 3 heterocycles. The molecule has 7 nitrogen and oxygen atoms in total. The van der Waals surface area contributed by atoms with E-state index < -0.39 is 0 Å². The highest BCUT2D eigenvalue weighted by Crippen LogP contribution is 2.34. The van der Waals surface area contributed by atoms with Crippen LogP contribution in [-0.4, -0.2) is 59.3 Å². The maximum absolute atomic E-state index is 5.86. The molecule has 0 N–H and O–H groups in total. The Labute approximate surface area is 176 Å². The molecule has 0 aliphatic carbocycles. The number of para-hydroxylation sites is 1. The standard InChI is InChI=1S/C23H26N4O3/c1-17(23-24-22(25-30-23)18-6-3-2-4-7-18)27-12-10-26(11-13-27)16-19-8-5-9-20-21(19)29-15-14-28-20/h2-9,17H,10-16H2,1H3. The van der Waals surface area contributed by atoms with Crippen molar-refractivity contribution < 1.29 is 14.0 Å². The number of benzene rings is 2. The zero-order valence-electron chi connectivity index (χ0n) is 17.2. The van der Waals surface area contributed by atoms with E-state index in [1.807, 2.05) is 42.5 Å². The average molecular weight is 406 g/mol. The fourth-order valence-corrected chi connectivity index (χ4v) is 4.07. The van der Waals surface area contributed by atoms with Crippen LogP contribution < -0.4 is 9.47 Å². The van der Waals surface area contributed by atoms with E-state index in [2.05, 4.69) is 32.9 Å². The maximum atomic E-state index is 5.86. The number of ether oxygens (including phenoxy) is 2. The highest BCUT2D eigenvalue weighted by atomic mass is 16.6. The van der Waals surface area contributed by atoms with Gasteiger partial charge in [-0.1, -0.05) is 47.6 Å². The third-order valence-electron chi connectivity index (χ3n) is 5.83. The maximum Gasteiger partial charge on any atom is 0.244 e. The first-order chi connectivity index (χ1) is 14.8. The average Bonchev–Trinajstić information content (AvgIpc) is 3.30. The highest BCUT2D eigenvalue weighted by Gasteiger charge is 2.27. The summed E-state index contributed by atoms with van der Waals surface area (Å²) in [5.74, 6) is 3.08. The van der Waals surface area contributed by atoms with Gasteiger partial charge in [-0.3, -0.25) is 9.80 Å². The summed E-state index contributed by atoms with van der Waals surface area (Å²) in [6, 6.07) is 16.2. The van der Waals surface area contributed by atoms with Gasteiger partial charge in [-0.2, -0.15) is 4.98 Å². The molecule has 2 aliphatic heterocycles. The lowest BCUT2D eigenvalue weighted by molar-refractivity contribution is 0.0832. The van der Waals surface area contributed by atoms with E-state index in [1.54, 1.807) is 0 Å². The number of rotatable bonds is 5. The molecule has 1 unspecified atom stereocenters. The Kier molecular flexibility index (Phi) is 5.38. The van der Waals surface area contributed by atoms with Gasteiger partial charge in [0.15, 0.2) is 11.5 Å². The van der Waals surface area contributed by atoms with Crippen molar-refractivity contribution in [3.63, 3.8) is 0 Å². The van der Waals surface area contributed by atoms with Gasteiger partial charge < -0.3 is 14.0 Å². The number of hydrogen-bond acceptors (Lipinski definition) is 7. The highest BCUT2D eigenvalue weighted by molar-refractivity contribution is 5.53. The molecule has 0 amide bonds. The molecule has 0 saturated carbocycles. The molecule has 0 bridgehead atoms. The van der Waals surface area contributed by atoms with Crippen LogP contribution in [0.1, 0.15) is 24.4 Å². The summed E-state index contributed by atoms with van der Waals surface area (Å²) in [6.45, 7) is 8.11. The molecule has 0 spiro atoms. The van der Waals surface area contributed by atoms with E-state index in [-0.39, 0.29) is 6.04 Å². The Balaban J connectivity index is 1.20. The van der Waals surface area contributed by atoms with E-state index in [4.69, 9.17) is 14.0 Å². The van der Waals surface area contributed by atoms with E-state index in [0.717, 1.165) is 49.8 Å². The number of hydrogen-bond donors (Lipinski definition) is 0. The number of piperazine rings is 1. The zero-order chi connectivity index (χ0) is 20.3. The first kappa shape index (κ1) is 19.1. The summed E-state index contributed by atoms with van der Waals surface area (Å²) in [6.07, 6.45) is 0. The van der Waals surface area contributed by atoms with Gasteiger partial charge >= 0.3 is 0 Å². The number of nitrogens with zero attached hydrogens (tertiary/aromatic N) is 4. The first-order valence-electron chi connectivity index (χ1n) is 10.5. The number of aromatic nitrogens is 2. The van der Waals surface area contributed by atoms with Crippen molar-refractivity contribution in [2.24, 2.45) is 0 Å². The second-order valence-electron chi connectivity index (χ2n) is 7.75. The third kappa shape index (κ3) is 3.91. The monoisotopic (exact) mass is 406 g/mol. The van der Waals surface area contributed by atoms with E-state index in [0.29, 0.717) is 24.9 Å². The Morgan fingerprint density at radius 1 is 0.933 bits per heavy atom. The molecule has 1 saturated heterocycles. The summed E-state index contributed by atoms with van der Waals surface area (Å²) >= 11 is 0. The summed E-state index contributed by atoms with van der Waals surface area (Å²) < 4.78 is 17.1. The smallest absolute Gasteiger partial charge is 0.244 e. The largest absolute Gasteiger partial charge is 0.486 e. The van der Waals surface area contributed by atoms with Gasteiger partial charge in [0.1, 0.15) is 13.2 Å². The molecule has 1 aromatic heterocycles. The third-order valence-corrected chi connectivity index (χ3v) is 5.83. The zero-order valence-corrected chi connectivity index (χ0v) is 17.2. The molecular weight excluding hydrogens is 380 g/mol. The topological polar surface area (TPSA) is 63.9 Å². The van der Waals surface area contributed by atoms with Crippen molar-refractivity contribution in [2.45, 2.75) is 19.5 Å². The number of fused-ring (bicyclic) bond motifs is 1. The van der Waals surface area contributed by atoms with Crippen molar-refractivity contribution in [1.82, 2.24) is 19.9 Å². The Morgan fingerprint density at radius 2 is 1.73 bits per heavy atom. The fraction of sp³-hybridized carbons (Fsp3) is 0.391. The van der Waals surface area contributed by atoms with Crippen molar-refractivity contribution in [2.75, 3.05) is 39.4 Å². The Bertz CT molecular complexity index is 983. The second kappa shape index (κ2) is 8.45. The van der Waals surface area contributed by atoms with Crippen LogP contribution in [0.15, 0.2) is 53.1 Å². The van der Waals surface area contributed by atoms with Crippen LogP contribution in [0.5, 0.6) is 11.5 Å². The Morgan fingerprint density at radius 3 is 2.57 bits per heavy atom. The SMILES string of the molecule is CC(c1nc(-c2ccccc2)no1)N1CCN(Cc2cccc3c2OCCO3)CC1. The van der Waals surface area contributed by atoms with Crippen LogP contribution in [0.25, 0.3) is 11.4 Å². The molecule has 1 atom stereocenters. The van der Waals surface area contributed by atoms with Gasteiger partial charge in [-0.15, -0.1) is 0 Å². The minimum Gasteiger partial charge on any atom is -0.486 e. The van der Waals surface area contributed by atoms with E-state index in [1.165, 1.54) is 5.56 Å². The molecule has 1 fully saturated rings. The molecular formula is C23H26N4O3. The molecule has 3 aromatic rings. The van der Waals surface area contributed by atoms with Gasteiger partial charge in [0.2, 0.25) is 11.7 Å². The quantitative estimate of drug-likeness (QED) is 0.644. The second-order valence-corrected chi connectivity index (χ2v) is 7.75. The van der Waals surface area contributed by atoms with Gasteiger partial charge in [0, 0.05) is 43.9 Å². The normalized spacial score (nSPS) is 18.3. The molecule has 5 rings (SSSR count). The van der Waals surface area contributed by atoms with Crippen LogP contribution in [0, 0.1) is 0 Å². The van der Waals surface area contributed by atoms with Crippen LogP contribution in [-0.2, 0) is 6.54 Å². The summed E-state index contributed by atoms with van der Waals surface area (Å²) in [7, 11) is 0. The van der Waals surface area contributed by atoms with E-state index >= 15 is 0 Å². The van der Waals surface area contributed by atoms with Crippen LogP contribution in [0.2, 0.25) is 0 Å². The predicted molar refractivity (Wildman–Crippen MR) is 112 cm³/mol. The summed E-state index contributed by atoms with van der Waals surface area (Å²) in [5.41, 5.74) is 2.17. The minimum absolute atomic E-state index is 0.0957. The lowest BCUT2D eigenvalue weighted by atomic mass is 10.1. The molecule has 2 aliphatic rings. The molecule has 0 radical (unpaired) electrons. The van der Waals surface area contributed by atoms with Crippen LogP contribution in [0.4, 0.5) is 0 Å². The molecule has 156 valence electrons. The summed E-state index contributed by atoms with van der Waals surface area (Å²) in [5, 5.41) is 4.17. The Hall–Kier alpha value is -2.90. The van der Waals surface area contributed by atoms with Crippen molar-refractivity contribution in [3.05, 3.63) is 60.0 Å². The van der Waals surface area contributed by atoms with Gasteiger partial charge in [-0.05, 0) is 13.0 Å². The first-order valence-corrected chi connectivity index (χ1v) is 10.5. The van der Waals surface area contributed by atoms with Gasteiger partial charge in [-0.25, -0.2) is 0 Å². The molecule has 2 aromatic carbocycles. The van der Waals surface area contributed by atoms with E-state index in [9.17, 15) is 0 Å². The lowest BCUT2D eigenvalue weighted by Gasteiger charge is -2.37. The van der Waals surface area contributed by atoms with Gasteiger partial charge in [0.25, 0.3) is 0 Å². The lowest BCUT2D eigenvalue weighted by Crippen LogP contribution is -2.46. The van der Waals surface area contributed by atoms with Crippen molar-refractivity contribution in [1.29, 1.82) is 0 Å². The van der Waals surface area contributed by atoms with Gasteiger partial charge in [0.05, 0.1) is 6.04 Å². The van der Waals surface area contributed by atoms with Crippen LogP contribution in [0.3, 0.4) is 0 Å². The fourth-order valence-electron chi connectivity index (χ4n) is 4.07. The minimum atomic E-state index is 0.0957.